The van der Waals surface area contributed by atoms with Crippen LogP contribution in [0, 0.1) is 12.8 Å². The fraction of sp³-hybridized carbons (Fsp3) is 0.320. The van der Waals surface area contributed by atoms with Crippen molar-refractivity contribution in [2.45, 2.75) is 32.6 Å². The Morgan fingerprint density at radius 1 is 1.12 bits per heavy atom. The van der Waals surface area contributed by atoms with Gasteiger partial charge >= 0.3 is 0 Å². The molecule has 1 atom stereocenters. The molecule has 1 aromatic carbocycles. The maximum absolute atomic E-state index is 12.7. The number of hydrogen-bond donors (Lipinski definition) is 4. The maximum Gasteiger partial charge on any atom is 0.224 e. The quantitative estimate of drug-likeness (QED) is 0.343. The van der Waals surface area contributed by atoms with Crippen molar-refractivity contribution in [3.8, 4) is 11.3 Å². The molecule has 0 saturated carbocycles. The van der Waals surface area contributed by atoms with Crippen LogP contribution in [0.4, 0.5) is 17.2 Å². The molecule has 5 rings (SSSR count). The molecule has 1 saturated heterocycles. The third-order valence-electron chi connectivity index (χ3n) is 6.22. The first-order valence-electron chi connectivity index (χ1n) is 11.6. The number of nitrogens with one attached hydrogen (secondary N) is 4. The Kier molecular flexibility index (Phi) is 6.44. The second-order valence-electron chi connectivity index (χ2n) is 8.68. The number of imidazole rings is 1. The molecule has 1 aliphatic heterocycles. The number of anilines is 3. The number of carbonyl (C=O) groups excluding carboxylic acids is 1. The number of rotatable bonds is 6. The number of hydrogen-bond acceptors (Lipinski definition) is 7. The summed E-state index contributed by atoms with van der Waals surface area (Å²) in [6, 6.07) is 9.70. The van der Waals surface area contributed by atoms with Gasteiger partial charge < -0.3 is 20.9 Å². The molecule has 3 aromatic heterocycles. The Morgan fingerprint density at radius 2 is 2.06 bits per heavy atom. The van der Waals surface area contributed by atoms with Crippen LogP contribution in [0.5, 0.6) is 0 Å². The number of H-pyrrole nitrogens is 1. The van der Waals surface area contributed by atoms with Gasteiger partial charge in [-0.15, -0.1) is 0 Å². The van der Waals surface area contributed by atoms with E-state index in [4.69, 9.17) is 0 Å². The van der Waals surface area contributed by atoms with Crippen molar-refractivity contribution in [3.05, 3.63) is 54.7 Å². The average Bonchev–Trinajstić information content (AvgIpc) is 3.19. The van der Waals surface area contributed by atoms with E-state index in [-0.39, 0.29) is 5.91 Å². The maximum atomic E-state index is 12.7. The lowest BCUT2D eigenvalue weighted by Crippen LogP contribution is -2.18. The number of aromatic nitrogens is 5. The highest BCUT2D eigenvalue weighted by Gasteiger charge is 2.17. The summed E-state index contributed by atoms with van der Waals surface area (Å²) in [5.74, 6) is 1.14. The van der Waals surface area contributed by atoms with E-state index in [0.29, 0.717) is 35.0 Å². The highest BCUT2D eigenvalue weighted by molar-refractivity contribution is 5.93. The number of amides is 1. The minimum atomic E-state index is 0.0575. The average molecular weight is 457 g/mol. The molecule has 1 amide bonds. The smallest absolute Gasteiger partial charge is 0.224 e. The summed E-state index contributed by atoms with van der Waals surface area (Å²) in [5.41, 5.74) is 5.54. The highest BCUT2D eigenvalue weighted by atomic mass is 16.1. The second-order valence-corrected chi connectivity index (χ2v) is 8.68. The van der Waals surface area contributed by atoms with Crippen molar-refractivity contribution >= 4 is 34.3 Å². The zero-order valence-electron chi connectivity index (χ0n) is 19.1. The molecular weight excluding hydrogens is 428 g/mol. The minimum absolute atomic E-state index is 0.0575. The molecule has 0 radical (unpaired) electrons. The summed E-state index contributed by atoms with van der Waals surface area (Å²) in [4.78, 5) is 33.3. The van der Waals surface area contributed by atoms with Crippen molar-refractivity contribution < 1.29 is 4.79 Å². The topological polar surface area (TPSA) is 121 Å². The largest absolute Gasteiger partial charge is 0.339 e. The molecule has 0 spiro atoms. The van der Waals surface area contributed by atoms with Gasteiger partial charge in [-0.25, -0.2) is 19.9 Å². The van der Waals surface area contributed by atoms with E-state index in [9.17, 15) is 4.79 Å². The molecule has 9 heteroatoms. The molecule has 0 bridgehead atoms. The van der Waals surface area contributed by atoms with Gasteiger partial charge in [0.1, 0.15) is 23.4 Å². The van der Waals surface area contributed by atoms with Gasteiger partial charge in [0.15, 0.2) is 5.65 Å². The molecular formula is C25H28N8O. The number of benzene rings is 1. The van der Waals surface area contributed by atoms with Gasteiger partial charge in [0.25, 0.3) is 0 Å². The molecule has 0 aliphatic carbocycles. The van der Waals surface area contributed by atoms with E-state index in [1.54, 1.807) is 12.5 Å². The number of carbonyl (C=O) groups is 1. The van der Waals surface area contributed by atoms with Gasteiger partial charge in [-0.3, -0.25) is 4.79 Å². The standard InChI is InChI=1S/C25H28N8O/c1-16-6-7-18(32-21(34)12-17-4-2-9-26-11-8-17)13-20(16)33-24-19(5-3-10-27-24)22-23-25(30-14-28-22)31-15-29-23/h3,5-7,10,13-15,17,26H,2,4,8-9,11-12H2,1H3,(H,27,33)(H,32,34)(H,28,29,30,31). The van der Waals surface area contributed by atoms with Crippen molar-refractivity contribution in [1.82, 2.24) is 30.2 Å². The molecule has 4 heterocycles. The molecule has 4 N–H and O–H groups in total. The van der Waals surface area contributed by atoms with E-state index in [1.165, 1.54) is 6.33 Å². The fourth-order valence-corrected chi connectivity index (χ4v) is 4.39. The number of pyridine rings is 1. The van der Waals surface area contributed by atoms with Crippen molar-refractivity contribution in [3.63, 3.8) is 0 Å². The zero-order valence-corrected chi connectivity index (χ0v) is 19.1. The molecule has 34 heavy (non-hydrogen) atoms. The summed E-state index contributed by atoms with van der Waals surface area (Å²) in [7, 11) is 0. The van der Waals surface area contributed by atoms with E-state index in [1.807, 2.05) is 37.3 Å². The normalized spacial score (nSPS) is 16.2. The summed E-state index contributed by atoms with van der Waals surface area (Å²) < 4.78 is 0. The van der Waals surface area contributed by atoms with Gasteiger partial charge in [0, 0.05) is 29.6 Å². The predicted octanol–water partition coefficient (Wildman–Crippen LogP) is 4.19. The van der Waals surface area contributed by atoms with Crippen molar-refractivity contribution in [1.29, 1.82) is 0 Å². The van der Waals surface area contributed by atoms with Gasteiger partial charge in [0.05, 0.1) is 6.33 Å². The summed E-state index contributed by atoms with van der Waals surface area (Å²) >= 11 is 0. The number of aryl methyl sites for hydroxylation is 1. The van der Waals surface area contributed by atoms with E-state index in [0.717, 1.165) is 54.9 Å². The van der Waals surface area contributed by atoms with Gasteiger partial charge in [0.2, 0.25) is 5.91 Å². The third-order valence-corrected chi connectivity index (χ3v) is 6.22. The number of fused-ring (bicyclic) bond motifs is 1. The first-order valence-corrected chi connectivity index (χ1v) is 11.6. The lowest BCUT2D eigenvalue weighted by atomic mass is 9.96. The molecule has 1 fully saturated rings. The van der Waals surface area contributed by atoms with Crippen molar-refractivity contribution in [2.75, 3.05) is 23.7 Å². The van der Waals surface area contributed by atoms with Crippen LogP contribution >= 0.6 is 0 Å². The predicted molar refractivity (Wildman–Crippen MR) is 133 cm³/mol. The molecule has 1 aliphatic rings. The lowest BCUT2D eigenvalue weighted by molar-refractivity contribution is -0.117. The SMILES string of the molecule is Cc1ccc(NC(=O)CC2CCCNCC2)cc1Nc1ncccc1-c1ncnc2[nH]cnc12. The monoisotopic (exact) mass is 456 g/mol. The van der Waals surface area contributed by atoms with Crippen LogP contribution in [0.1, 0.15) is 31.2 Å². The summed E-state index contributed by atoms with van der Waals surface area (Å²) in [5, 5.41) is 9.91. The van der Waals surface area contributed by atoms with Crippen LogP contribution in [0.15, 0.2) is 49.2 Å². The van der Waals surface area contributed by atoms with E-state index < -0.39 is 0 Å². The van der Waals surface area contributed by atoms with Crippen LogP contribution in [-0.2, 0) is 4.79 Å². The minimum Gasteiger partial charge on any atom is -0.339 e. The fourth-order valence-electron chi connectivity index (χ4n) is 4.39. The zero-order chi connectivity index (χ0) is 23.3. The first-order chi connectivity index (χ1) is 16.7. The van der Waals surface area contributed by atoms with Gasteiger partial charge in [-0.05, 0) is 75.0 Å². The highest BCUT2D eigenvalue weighted by Crippen LogP contribution is 2.32. The Balaban J connectivity index is 1.36. The summed E-state index contributed by atoms with van der Waals surface area (Å²) in [6.07, 6.45) is 8.67. The Labute approximate surface area is 197 Å². The van der Waals surface area contributed by atoms with Crippen LogP contribution in [-0.4, -0.2) is 43.9 Å². The number of nitrogens with zero attached hydrogens (tertiary/aromatic N) is 4. The lowest BCUT2D eigenvalue weighted by Gasteiger charge is -2.16. The molecule has 1 unspecified atom stereocenters. The van der Waals surface area contributed by atoms with Crippen LogP contribution in [0.3, 0.4) is 0 Å². The second kappa shape index (κ2) is 9.96. The van der Waals surface area contributed by atoms with Crippen LogP contribution in [0.25, 0.3) is 22.4 Å². The molecule has 4 aromatic rings. The van der Waals surface area contributed by atoms with E-state index >= 15 is 0 Å². The van der Waals surface area contributed by atoms with Crippen LogP contribution in [0.2, 0.25) is 0 Å². The van der Waals surface area contributed by atoms with E-state index in [2.05, 4.69) is 40.9 Å². The summed E-state index contributed by atoms with van der Waals surface area (Å²) in [6.45, 7) is 4.05. The third kappa shape index (κ3) is 4.89. The Hall–Kier alpha value is -3.85. The Morgan fingerprint density at radius 3 is 3.00 bits per heavy atom. The van der Waals surface area contributed by atoms with Crippen LogP contribution < -0.4 is 16.0 Å². The molecule has 174 valence electrons. The Bertz CT molecular complexity index is 1290. The first kappa shape index (κ1) is 22.0. The number of aromatic amines is 1. The van der Waals surface area contributed by atoms with Gasteiger partial charge in [-0.2, -0.15) is 0 Å². The molecule has 9 nitrogen and oxygen atoms in total. The van der Waals surface area contributed by atoms with Crippen molar-refractivity contribution in [2.24, 2.45) is 5.92 Å². The van der Waals surface area contributed by atoms with Gasteiger partial charge in [-0.1, -0.05) is 6.07 Å².